The number of carbonyl (C=O) groups excluding carboxylic acids is 1. The summed E-state index contributed by atoms with van der Waals surface area (Å²) in [6, 6.07) is 11.8. The van der Waals surface area contributed by atoms with Crippen molar-refractivity contribution in [3.8, 4) is 11.5 Å². The summed E-state index contributed by atoms with van der Waals surface area (Å²) in [5, 5.41) is 0. The number of likely N-dealkylation sites (tertiary alicyclic amines) is 1. The zero-order valence-corrected chi connectivity index (χ0v) is 15.2. The number of nitrogens with zero attached hydrogens (tertiary/aromatic N) is 1. The lowest BCUT2D eigenvalue weighted by Crippen LogP contribution is -2.31. The first-order chi connectivity index (χ1) is 12.6. The molecule has 1 atom stereocenters. The van der Waals surface area contributed by atoms with Crippen molar-refractivity contribution in [1.29, 1.82) is 0 Å². The highest BCUT2D eigenvalue weighted by atomic mass is 19.1. The topological polar surface area (TPSA) is 38.8 Å². The minimum Gasteiger partial charge on any atom is -0.497 e. The van der Waals surface area contributed by atoms with Crippen LogP contribution in [0.5, 0.6) is 11.5 Å². The van der Waals surface area contributed by atoms with Crippen molar-refractivity contribution in [1.82, 2.24) is 4.90 Å². The molecule has 1 fully saturated rings. The van der Waals surface area contributed by atoms with Crippen molar-refractivity contribution in [2.45, 2.75) is 31.8 Å². The van der Waals surface area contributed by atoms with Gasteiger partial charge in [0.15, 0.2) is 5.78 Å². The van der Waals surface area contributed by atoms with Crippen molar-refractivity contribution in [2.24, 2.45) is 0 Å². The van der Waals surface area contributed by atoms with E-state index in [0.29, 0.717) is 12.0 Å². The maximum absolute atomic E-state index is 13.0. The molecule has 0 radical (unpaired) electrons. The number of carbonyl (C=O) groups is 1. The molecule has 0 saturated carbocycles. The molecular formula is C21H24FNO3. The SMILES string of the molecule is COc1ccc(CN2CCC[C@H]2CC(=O)c2ccc(F)cc2)c(OC)c1. The van der Waals surface area contributed by atoms with Gasteiger partial charge in [0.1, 0.15) is 17.3 Å². The zero-order valence-electron chi connectivity index (χ0n) is 15.2. The monoisotopic (exact) mass is 357 g/mol. The lowest BCUT2D eigenvalue weighted by atomic mass is 10.0. The molecule has 0 unspecified atom stereocenters. The molecule has 0 aromatic heterocycles. The van der Waals surface area contributed by atoms with E-state index in [0.717, 1.165) is 43.0 Å². The first-order valence-corrected chi connectivity index (χ1v) is 8.84. The van der Waals surface area contributed by atoms with E-state index in [2.05, 4.69) is 4.90 Å². The van der Waals surface area contributed by atoms with Gasteiger partial charge in [0.25, 0.3) is 0 Å². The second-order valence-electron chi connectivity index (χ2n) is 6.58. The fourth-order valence-corrected chi connectivity index (χ4v) is 3.50. The van der Waals surface area contributed by atoms with E-state index < -0.39 is 0 Å². The van der Waals surface area contributed by atoms with Crippen LogP contribution >= 0.6 is 0 Å². The van der Waals surface area contributed by atoms with Crippen LogP contribution < -0.4 is 9.47 Å². The highest BCUT2D eigenvalue weighted by Gasteiger charge is 2.27. The molecule has 26 heavy (non-hydrogen) atoms. The number of ether oxygens (including phenoxy) is 2. The van der Waals surface area contributed by atoms with E-state index in [1.807, 2.05) is 18.2 Å². The van der Waals surface area contributed by atoms with Crippen LogP contribution in [0, 0.1) is 5.82 Å². The summed E-state index contributed by atoms with van der Waals surface area (Å²) in [6.45, 7) is 1.69. The standard InChI is InChI=1S/C21H24FNO3/c1-25-19-10-7-16(21(13-19)26-2)14-23-11-3-4-18(23)12-20(24)15-5-8-17(22)9-6-15/h5-10,13,18H,3-4,11-12,14H2,1-2H3/t18-/m0/s1. The van der Waals surface area contributed by atoms with Crippen LogP contribution in [0.4, 0.5) is 4.39 Å². The molecule has 0 N–H and O–H groups in total. The quantitative estimate of drug-likeness (QED) is 0.700. The predicted molar refractivity (Wildman–Crippen MR) is 98.3 cm³/mol. The lowest BCUT2D eigenvalue weighted by molar-refractivity contribution is 0.0938. The second kappa shape index (κ2) is 8.32. The number of methoxy groups -OCH3 is 2. The second-order valence-corrected chi connectivity index (χ2v) is 6.58. The molecule has 138 valence electrons. The van der Waals surface area contributed by atoms with E-state index in [4.69, 9.17) is 9.47 Å². The summed E-state index contributed by atoms with van der Waals surface area (Å²) >= 11 is 0. The van der Waals surface area contributed by atoms with Gasteiger partial charge in [0.05, 0.1) is 14.2 Å². The molecule has 3 rings (SSSR count). The third-order valence-corrected chi connectivity index (χ3v) is 4.95. The summed E-state index contributed by atoms with van der Waals surface area (Å²) in [5.41, 5.74) is 1.65. The Morgan fingerprint density at radius 3 is 2.62 bits per heavy atom. The van der Waals surface area contributed by atoms with E-state index in [1.54, 1.807) is 26.4 Å². The maximum Gasteiger partial charge on any atom is 0.164 e. The normalized spacial score (nSPS) is 17.3. The summed E-state index contributed by atoms with van der Waals surface area (Å²) in [5.74, 6) is 1.29. The molecule has 2 aromatic rings. The number of rotatable bonds is 7. The minimum atomic E-state index is -0.323. The number of hydrogen-bond donors (Lipinski definition) is 0. The average molecular weight is 357 g/mol. The Labute approximate surface area is 153 Å². The first kappa shape index (κ1) is 18.4. The van der Waals surface area contributed by atoms with Gasteiger partial charge in [-0.15, -0.1) is 0 Å². The van der Waals surface area contributed by atoms with Gasteiger partial charge in [-0.1, -0.05) is 6.07 Å². The van der Waals surface area contributed by atoms with Crippen LogP contribution in [0.2, 0.25) is 0 Å². The zero-order chi connectivity index (χ0) is 18.5. The number of Topliss-reactive ketones (excluding diaryl/α,β-unsaturated/α-hetero) is 1. The third-order valence-electron chi connectivity index (χ3n) is 4.95. The molecule has 1 aliphatic heterocycles. The van der Waals surface area contributed by atoms with E-state index >= 15 is 0 Å². The molecule has 0 bridgehead atoms. The molecule has 1 aliphatic rings. The smallest absolute Gasteiger partial charge is 0.164 e. The fraction of sp³-hybridized carbons (Fsp3) is 0.381. The van der Waals surface area contributed by atoms with Gasteiger partial charge < -0.3 is 9.47 Å². The number of halogens is 1. The molecule has 0 aliphatic carbocycles. The van der Waals surface area contributed by atoms with E-state index in [9.17, 15) is 9.18 Å². The summed E-state index contributed by atoms with van der Waals surface area (Å²) in [4.78, 5) is 14.9. The molecule has 5 heteroatoms. The highest BCUT2D eigenvalue weighted by molar-refractivity contribution is 5.96. The van der Waals surface area contributed by atoms with Crippen LogP contribution in [-0.2, 0) is 6.54 Å². The van der Waals surface area contributed by atoms with E-state index in [1.165, 1.54) is 12.1 Å². The van der Waals surface area contributed by atoms with Gasteiger partial charge in [-0.3, -0.25) is 9.69 Å². The van der Waals surface area contributed by atoms with Crippen molar-refractivity contribution in [2.75, 3.05) is 20.8 Å². The Hall–Kier alpha value is -2.40. The first-order valence-electron chi connectivity index (χ1n) is 8.84. The Balaban J connectivity index is 1.68. The minimum absolute atomic E-state index is 0.0589. The molecule has 1 heterocycles. The van der Waals surface area contributed by atoms with Crippen molar-refractivity contribution < 1.29 is 18.7 Å². The van der Waals surface area contributed by atoms with Crippen molar-refractivity contribution in [3.63, 3.8) is 0 Å². The van der Waals surface area contributed by atoms with Crippen LogP contribution in [0.25, 0.3) is 0 Å². The molecule has 2 aromatic carbocycles. The molecule has 0 spiro atoms. The third kappa shape index (κ3) is 4.22. The lowest BCUT2D eigenvalue weighted by Gasteiger charge is -2.25. The molecule has 4 nitrogen and oxygen atoms in total. The predicted octanol–water partition coefficient (Wildman–Crippen LogP) is 4.08. The van der Waals surface area contributed by atoms with Crippen LogP contribution in [0.1, 0.15) is 35.2 Å². The Kier molecular flexibility index (Phi) is 5.89. The summed E-state index contributed by atoms with van der Waals surface area (Å²) in [6.07, 6.45) is 2.51. The molecule has 0 amide bonds. The van der Waals surface area contributed by atoms with Crippen molar-refractivity contribution >= 4 is 5.78 Å². The summed E-state index contributed by atoms with van der Waals surface area (Å²) in [7, 11) is 3.28. The highest BCUT2D eigenvalue weighted by Crippen LogP contribution is 2.29. The Bertz CT molecular complexity index is 760. The molecular weight excluding hydrogens is 333 g/mol. The average Bonchev–Trinajstić information content (AvgIpc) is 3.09. The van der Waals surface area contributed by atoms with Gasteiger partial charge in [-0.2, -0.15) is 0 Å². The van der Waals surface area contributed by atoms with Gasteiger partial charge in [0.2, 0.25) is 0 Å². The van der Waals surface area contributed by atoms with Crippen LogP contribution in [-0.4, -0.2) is 37.5 Å². The van der Waals surface area contributed by atoms with Gasteiger partial charge in [0, 0.05) is 36.2 Å². The van der Waals surface area contributed by atoms with Gasteiger partial charge >= 0.3 is 0 Å². The van der Waals surface area contributed by atoms with Crippen LogP contribution in [0.15, 0.2) is 42.5 Å². The van der Waals surface area contributed by atoms with Gasteiger partial charge in [-0.05, 0) is 49.7 Å². The maximum atomic E-state index is 13.0. The number of benzene rings is 2. The summed E-state index contributed by atoms with van der Waals surface area (Å²) < 4.78 is 23.8. The van der Waals surface area contributed by atoms with E-state index in [-0.39, 0.29) is 17.6 Å². The Morgan fingerprint density at radius 1 is 1.15 bits per heavy atom. The van der Waals surface area contributed by atoms with Crippen LogP contribution in [0.3, 0.4) is 0 Å². The Morgan fingerprint density at radius 2 is 1.92 bits per heavy atom. The number of hydrogen-bond acceptors (Lipinski definition) is 4. The molecule has 1 saturated heterocycles. The van der Waals surface area contributed by atoms with Gasteiger partial charge in [-0.25, -0.2) is 4.39 Å². The fourth-order valence-electron chi connectivity index (χ4n) is 3.50. The largest absolute Gasteiger partial charge is 0.497 e. The van der Waals surface area contributed by atoms with Crippen molar-refractivity contribution in [3.05, 3.63) is 59.4 Å². The number of ketones is 1.